The molecule has 1 aliphatic carbocycles. The van der Waals surface area contributed by atoms with Gasteiger partial charge in [0.2, 0.25) is 10.0 Å². The van der Waals surface area contributed by atoms with Crippen LogP contribution in [0.15, 0.2) is 27.6 Å². The Hall–Kier alpha value is -0.920. The van der Waals surface area contributed by atoms with Crippen LogP contribution in [0.3, 0.4) is 0 Å². The number of hydrogen-bond acceptors (Lipinski definition) is 3. The first kappa shape index (κ1) is 15.5. The topological polar surface area (TPSA) is 83.5 Å². The highest BCUT2D eigenvalue weighted by Crippen LogP contribution is 2.29. The molecular weight excluding hydrogens is 346 g/mol. The lowest BCUT2D eigenvalue weighted by Crippen LogP contribution is -2.40. The monoisotopic (exact) mass is 361 g/mol. The fraction of sp³-hybridized carbons (Fsp3) is 0.462. The fourth-order valence-corrected chi connectivity index (χ4v) is 4.99. The number of carboxylic acid groups (broad SMARTS) is 1. The van der Waals surface area contributed by atoms with Crippen molar-refractivity contribution in [2.75, 3.05) is 0 Å². The van der Waals surface area contributed by atoms with Gasteiger partial charge >= 0.3 is 5.97 Å². The molecule has 110 valence electrons. The van der Waals surface area contributed by atoms with Gasteiger partial charge in [0, 0.05) is 10.5 Å². The van der Waals surface area contributed by atoms with Crippen molar-refractivity contribution < 1.29 is 18.3 Å². The summed E-state index contributed by atoms with van der Waals surface area (Å²) in [4.78, 5) is 11.2. The second-order valence-corrected chi connectivity index (χ2v) is 7.57. The Morgan fingerprint density at radius 2 is 2.10 bits per heavy atom. The standard InChI is InChI=1S/C13H16BrNO4S/c1-8-5-6-12(10(14)7-8)20(18,19)15-11-4-2-3-9(11)13(16)17/h5-7,9,11,15H,2-4H2,1H3,(H,16,17). The molecular formula is C13H16BrNO4S. The van der Waals surface area contributed by atoms with E-state index in [1.807, 2.05) is 6.92 Å². The first-order valence-corrected chi connectivity index (χ1v) is 8.60. The third-order valence-electron chi connectivity index (χ3n) is 3.52. The molecule has 2 N–H and O–H groups in total. The van der Waals surface area contributed by atoms with Crippen molar-refractivity contribution in [3.05, 3.63) is 28.2 Å². The number of aliphatic carboxylic acids is 1. The Balaban J connectivity index is 2.25. The maximum Gasteiger partial charge on any atom is 0.308 e. The lowest BCUT2D eigenvalue weighted by atomic mass is 10.1. The Bertz CT molecular complexity index is 629. The number of halogens is 1. The number of benzene rings is 1. The molecule has 0 radical (unpaired) electrons. The molecule has 0 saturated heterocycles. The lowest BCUT2D eigenvalue weighted by Gasteiger charge is -2.18. The summed E-state index contributed by atoms with van der Waals surface area (Å²) in [5.41, 5.74) is 0.945. The highest BCUT2D eigenvalue weighted by molar-refractivity contribution is 9.10. The second-order valence-electron chi connectivity index (χ2n) is 5.04. The van der Waals surface area contributed by atoms with E-state index in [2.05, 4.69) is 20.7 Å². The van der Waals surface area contributed by atoms with Crippen molar-refractivity contribution in [1.29, 1.82) is 0 Å². The molecule has 0 heterocycles. The molecule has 2 atom stereocenters. The number of nitrogens with one attached hydrogen (secondary N) is 1. The van der Waals surface area contributed by atoms with Crippen LogP contribution in [-0.2, 0) is 14.8 Å². The van der Waals surface area contributed by atoms with Crippen molar-refractivity contribution in [3.8, 4) is 0 Å². The van der Waals surface area contributed by atoms with Gasteiger partial charge in [0.05, 0.1) is 10.8 Å². The van der Waals surface area contributed by atoms with Gasteiger partial charge in [-0.05, 0) is 53.4 Å². The van der Waals surface area contributed by atoms with E-state index < -0.39 is 28.0 Å². The molecule has 1 aromatic carbocycles. The van der Waals surface area contributed by atoms with Crippen LogP contribution in [0.2, 0.25) is 0 Å². The van der Waals surface area contributed by atoms with E-state index in [1.54, 1.807) is 12.1 Å². The summed E-state index contributed by atoms with van der Waals surface area (Å²) < 4.78 is 27.7. The summed E-state index contributed by atoms with van der Waals surface area (Å²) in [5.74, 6) is -1.59. The SMILES string of the molecule is Cc1ccc(S(=O)(=O)NC2CCCC2C(=O)O)c(Br)c1. The molecule has 2 unspecified atom stereocenters. The number of carbonyl (C=O) groups is 1. The molecule has 5 nitrogen and oxygen atoms in total. The van der Waals surface area contributed by atoms with Crippen LogP contribution in [-0.4, -0.2) is 25.5 Å². The number of aryl methyl sites for hydroxylation is 1. The minimum absolute atomic E-state index is 0.138. The number of sulfonamides is 1. The van der Waals surface area contributed by atoms with Crippen molar-refractivity contribution in [2.24, 2.45) is 5.92 Å². The Morgan fingerprint density at radius 3 is 2.70 bits per heavy atom. The van der Waals surface area contributed by atoms with E-state index in [-0.39, 0.29) is 4.90 Å². The maximum atomic E-state index is 12.4. The van der Waals surface area contributed by atoms with Gasteiger partial charge in [-0.1, -0.05) is 12.5 Å². The molecule has 20 heavy (non-hydrogen) atoms. The molecule has 0 spiro atoms. The molecule has 1 aromatic rings. The van der Waals surface area contributed by atoms with E-state index in [4.69, 9.17) is 5.11 Å². The molecule has 0 aliphatic heterocycles. The summed E-state index contributed by atoms with van der Waals surface area (Å²) in [6.45, 7) is 1.87. The van der Waals surface area contributed by atoms with E-state index in [1.165, 1.54) is 6.07 Å². The van der Waals surface area contributed by atoms with Gasteiger partial charge in [-0.25, -0.2) is 13.1 Å². The molecule has 1 aliphatic rings. The summed E-state index contributed by atoms with van der Waals surface area (Å²) >= 11 is 3.24. The van der Waals surface area contributed by atoms with Crippen LogP contribution < -0.4 is 4.72 Å². The van der Waals surface area contributed by atoms with E-state index >= 15 is 0 Å². The van der Waals surface area contributed by atoms with Gasteiger partial charge in [0.1, 0.15) is 0 Å². The Morgan fingerprint density at radius 1 is 1.40 bits per heavy atom. The van der Waals surface area contributed by atoms with Crippen LogP contribution in [0.25, 0.3) is 0 Å². The van der Waals surface area contributed by atoms with Gasteiger partial charge in [0.25, 0.3) is 0 Å². The zero-order valence-electron chi connectivity index (χ0n) is 11.0. The highest BCUT2D eigenvalue weighted by atomic mass is 79.9. The third-order valence-corrected chi connectivity index (χ3v) is 5.98. The molecule has 7 heteroatoms. The molecule has 0 aromatic heterocycles. The minimum Gasteiger partial charge on any atom is -0.481 e. The zero-order chi connectivity index (χ0) is 14.9. The summed E-state index contributed by atoms with van der Waals surface area (Å²) in [7, 11) is -3.72. The van der Waals surface area contributed by atoms with Gasteiger partial charge in [-0.15, -0.1) is 0 Å². The quantitative estimate of drug-likeness (QED) is 0.861. The van der Waals surface area contributed by atoms with Crippen LogP contribution in [0, 0.1) is 12.8 Å². The molecule has 1 saturated carbocycles. The third kappa shape index (κ3) is 3.21. The first-order valence-electron chi connectivity index (χ1n) is 6.32. The predicted octanol–water partition coefficient (Wildman–Crippen LogP) is 2.29. The molecule has 2 rings (SSSR count). The smallest absolute Gasteiger partial charge is 0.308 e. The van der Waals surface area contributed by atoms with Crippen molar-refractivity contribution >= 4 is 31.9 Å². The highest BCUT2D eigenvalue weighted by Gasteiger charge is 2.36. The largest absolute Gasteiger partial charge is 0.481 e. The first-order chi connectivity index (χ1) is 9.31. The maximum absolute atomic E-state index is 12.4. The number of hydrogen-bond donors (Lipinski definition) is 2. The molecule has 0 bridgehead atoms. The fourth-order valence-electron chi connectivity index (χ4n) is 2.48. The van der Waals surface area contributed by atoms with Crippen LogP contribution in [0.5, 0.6) is 0 Å². The Labute approximate surface area is 126 Å². The average Bonchev–Trinajstić information content (AvgIpc) is 2.75. The molecule has 0 amide bonds. The van der Waals surface area contributed by atoms with Gasteiger partial charge < -0.3 is 5.11 Å². The second kappa shape index (κ2) is 5.83. The van der Waals surface area contributed by atoms with Gasteiger partial charge in [-0.3, -0.25) is 4.79 Å². The van der Waals surface area contributed by atoms with Gasteiger partial charge in [-0.2, -0.15) is 0 Å². The van der Waals surface area contributed by atoms with E-state index in [0.717, 1.165) is 12.0 Å². The normalized spacial score (nSPS) is 22.9. The van der Waals surface area contributed by atoms with Gasteiger partial charge in [0.15, 0.2) is 0 Å². The summed E-state index contributed by atoms with van der Waals surface area (Å²) in [6, 6.07) is 4.42. The zero-order valence-corrected chi connectivity index (χ0v) is 13.4. The van der Waals surface area contributed by atoms with E-state index in [0.29, 0.717) is 17.3 Å². The molecule has 1 fully saturated rings. The predicted molar refractivity (Wildman–Crippen MR) is 78.0 cm³/mol. The lowest BCUT2D eigenvalue weighted by molar-refractivity contribution is -0.141. The summed E-state index contributed by atoms with van der Waals surface area (Å²) in [6.07, 6.45) is 1.79. The Kier molecular flexibility index (Phi) is 4.51. The number of carboxylic acids is 1. The average molecular weight is 362 g/mol. The van der Waals surface area contributed by atoms with E-state index in [9.17, 15) is 13.2 Å². The number of rotatable bonds is 4. The summed E-state index contributed by atoms with van der Waals surface area (Å²) in [5, 5.41) is 9.10. The van der Waals surface area contributed by atoms with Crippen molar-refractivity contribution in [2.45, 2.75) is 37.1 Å². The van der Waals surface area contributed by atoms with Crippen LogP contribution in [0.1, 0.15) is 24.8 Å². The minimum atomic E-state index is -3.72. The van der Waals surface area contributed by atoms with Crippen LogP contribution in [0.4, 0.5) is 0 Å². The van der Waals surface area contributed by atoms with Crippen molar-refractivity contribution in [3.63, 3.8) is 0 Å². The van der Waals surface area contributed by atoms with Crippen molar-refractivity contribution in [1.82, 2.24) is 4.72 Å². The van der Waals surface area contributed by atoms with Crippen LogP contribution >= 0.6 is 15.9 Å².